The fourth-order valence-electron chi connectivity index (χ4n) is 4.38. The molecular formula is C26H20ClN3O3. The Morgan fingerprint density at radius 2 is 1.82 bits per heavy atom. The van der Waals surface area contributed by atoms with Crippen molar-refractivity contribution in [2.24, 2.45) is 5.10 Å². The minimum atomic E-state index is -0.423. The first-order valence-corrected chi connectivity index (χ1v) is 10.9. The number of hydrazone groups is 1. The summed E-state index contributed by atoms with van der Waals surface area (Å²) in [6.07, 6.45) is 0.338. The number of nitrogens with zero attached hydrogens (tertiary/aromatic N) is 2. The topological polar surface area (TPSA) is 85.8 Å². The zero-order valence-corrected chi connectivity index (χ0v) is 18.5. The standard InChI is InChI=1S/C26H20ClN3O3/c1-15(31)30-23(17-5-4-6-19(32)13-17)14-22(29-30)25-24(16-9-11-18(27)12-10-16)20-7-2-3-8-21(20)28-26(25)33/h2-13,23,32H,14H2,1H3,(H,28,33)/t23-/m1/s1. The summed E-state index contributed by atoms with van der Waals surface area (Å²) >= 11 is 6.11. The van der Waals surface area contributed by atoms with Crippen LogP contribution in [0, 0.1) is 0 Å². The van der Waals surface area contributed by atoms with Crippen molar-refractivity contribution in [3.05, 3.63) is 99.3 Å². The van der Waals surface area contributed by atoms with Crippen molar-refractivity contribution < 1.29 is 9.90 Å². The molecule has 6 nitrogen and oxygen atoms in total. The monoisotopic (exact) mass is 457 g/mol. The summed E-state index contributed by atoms with van der Waals surface area (Å²) in [4.78, 5) is 28.7. The number of carbonyl (C=O) groups is 1. The van der Waals surface area contributed by atoms with E-state index in [4.69, 9.17) is 11.6 Å². The molecule has 5 rings (SSSR count). The van der Waals surface area contributed by atoms with Crippen molar-refractivity contribution >= 4 is 34.1 Å². The summed E-state index contributed by atoms with van der Waals surface area (Å²) in [6, 6.07) is 21.2. The average Bonchev–Trinajstić information content (AvgIpc) is 3.24. The number of H-pyrrole nitrogens is 1. The molecule has 1 aliphatic rings. The fraction of sp³-hybridized carbons (Fsp3) is 0.115. The van der Waals surface area contributed by atoms with E-state index in [2.05, 4.69) is 10.1 Å². The number of hydrogen-bond acceptors (Lipinski definition) is 4. The Labute approximate surface area is 194 Å². The van der Waals surface area contributed by atoms with Crippen LogP contribution >= 0.6 is 11.6 Å². The molecule has 0 saturated heterocycles. The molecule has 1 amide bonds. The van der Waals surface area contributed by atoms with Gasteiger partial charge in [-0.05, 0) is 41.5 Å². The van der Waals surface area contributed by atoms with Gasteiger partial charge in [-0.1, -0.05) is 54.1 Å². The van der Waals surface area contributed by atoms with Crippen LogP contribution in [0.15, 0.2) is 82.7 Å². The number of aromatic hydroxyl groups is 1. The molecule has 33 heavy (non-hydrogen) atoms. The number of amides is 1. The van der Waals surface area contributed by atoms with Crippen molar-refractivity contribution in [2.45, 2.75) is 19.4 Å². The maximum Gasteiger partial charge on any atom is 0.258 e. The zero-order chi connectivity index (χ0) is 23.1. The van der Waals surface area contributed by atoms with Gasteiger partial charge in [0, 0.05) is 34.8 Å². The highest BCUT2D eigenvalue weighted by atomic mass is 35.5. The van der Waals surface area contributed by atoms with Gasteiger partial charge in [0.05, 0.1) is 17.3 Å². The number of rotatable bonds is 3. The minimum Gasteiger partial charge on any atom is -0.508 e. The number of para-hydroxylation sites is 1. The molecule has 0 spiro atoms. The first-order chi connectivity index (χ1) is 15.9. The molecule has 3 aromatic carbocycles. The normalized spacial score (nSPS) is 15.6. The van der Waals surface area contributed by atoms with Gasteiger partial charge in [-0.3, -0.25) is 9.59 Å². The van der Waals surface area contributed by atoms with Crippen LogP contribution < -0.4 is 5.56 Å². The van der Waals surface area contributed by atoms with Gasteiger partial charge in [-0.25, -0.2) is 5.01 Å². The van der Waals surface area contributed by atoms with E-state index in [1.807, 2.05) is 42.5 Å². The first kappa shape index (κ1) is 21.0. The van der Waals surface area contributed by atoms with Crippen LogP contribution in [0.5, 0.6) is 5.75 Å². The van der Waals surface area contributed by atoms with Crippen LogP contribution in [0.2, 0.25) is 5.02 Å². The molecule has 0 aliphatic carbocycles. The summed E-state index contributed by atoms with van der Waals surface area (Å²) in [5.41, 5.74) is 3.68. The largest absolute Gasteiger partial charge is 0.508 e. The number of aromatic nitrogens is 1. The van der Waals surface area contributed by atoms with Crippen LogP contribution in [0.3, 0.4) is 0 Å². The second-order valence-corrected chi connectivity index (χ2v) is 8.42. The molecule has 1 aromatic heterocycles. The molecule has 0 saturated carbocycles. The highest BCUT2D eigenvalue weighted by molar-refractivity contribution is 6.30. The number of phenolic OH excluding ortho intramolecular Hbond substituents is 1. The van der Waals surface area contributed by atoms with Gasteiger partial charge in [0.1, 0.15) is 5.75 Å². The molecule has 2 heterocycles. The van der Waals surface area contributed by atoms with Crippen LogP contribution in [-0.2, 0) is 4.79 Å². The summed E-state index contributed by atoms with van der Waals surface area (Å²) < 4.78 is 0. The first-order valence-electron chi connectivity index (χ1n) is 10.5. The van der Waals surface area contributed by atoms with E-state index in [0.29, 0.717) is 28.2 Å². The molecule has 1 aliphatic heterocycles. The van der Waals surface area contributed by atoms with Crippen LogP contribution in [0.4, 0.5) is 0 Å². The van der Waals surface area contributed by atoms with Crippen LogP contribution in [-0.4, -0.2) is 26.7 Å². The predicted octanol–water partition coefficient (Wildman–Crippen LogP) is 5.25. The second-order valence-electron chi connectivity index (χ2n) is 7.98. The molecule has 2 N–H and O–H groups in total. The summed E-state index contributed by atoms with van der Waals surface area (Å²) in [6.45, 7) is 1.44. The van der Waals surface area contributed by atoms with Gasteiger partial charge < -0.3 is 10.1 Å². The van der Waals surface area contributed by atoms with Gasteiger partial charge in [-0.2, -0.15) is 5.10 Å². The Morgan fingerprint density at radius 3 is 2.55 bits per heavy atom. The molecule has 1 atom stereocenters. The molecule has 7 heteroatoms. The minimum absolute atomic E-state index is 0.106. The molecular weight excluding hydrogens is 438 g/mol. The van der Waals surface area contributed by atoms with Gasteiger partial charge in [0.15, 0.2) is 0 Å². The molecule has 164 valence electrons. The number of hydrogen-bond donors (Lipinski definition) is 2. The number of fused-ring (bicyclic) bond motifs is 1. The molecule has 0 bridgehead atoms. The lowest BCUT2D eigenvalue weighted by molar-refractivity contribution is -0.130. The SMILES string of the molecule is CC(=O)N1N=C(c2c(-c3ccc(Cl)cc3)c3ccccc3[nH]c2=O)C[C@@H]1c1cccc(O)c1. The number of phenols is 1. The lowest BCUT2D eigenvalue weighted by Gasteiger charge is -2.20. The molecule has 4 aromatic rings. The highest BCUT2D eigenvalue weighted by Gasteiger charge is 2.34. The third-order valence-corrected chi connectivity index (χ3v) is 6.08. The van der Waals surface area contributed by atoms with E-state index < -0.39 is 6.04 Å². The zero-order valence-electron chi connectivity index (χ0n) is 17.7. The van der Waals surface area contributed by atoms with E-state index >= 15 is 0 Å². The Balaban J connectivity index is 1.73. The van der Waals surface area contributed by atoms with Gasteiger partial charge in [0.25, 0.3) is 5.56 Å². The number of benzene rings is 3. The van der Waals surface area contributed by atoms with Crippen molar-refractivity contribution in [2.75, 3.05) is 0 Å². The maximum atomic E-state index is 13.3. The summed E-state index contributed by atoms with van der Waals surface area (Å²) in [5.74, 6) is -0.140. The lowest BCUT2D eigenvalue weighted by Crippen LogP contribution is -2.24. The number of aromatic amines is 1. The maximum absolute atomic E-state index is 13.3. The Hall–Kier alpha value is -3.90. The van der Waals surface area contributed by atoms with Gasteiger partial charge in [-0.15, -0.1) is 0 Å². The van der Waals surface area contributed by atoms with Crippen molar-refractivity contribution in [1.29, 1.82) is 0 Å². The second kappa shape index (κ2) is 8.22. The Morgan fingerprint density at radius 1 is 1.06 bits per heavy atom. The number of nitrogens with one attached hydrogen (secondary N) is 1. The van der Waals surface area contributed by atoms with E-state index in [0.717, 1.165) is 22.1 Å². The molecule has 0 fully saturated rings. The van der Waals surface area contributed by atoms with Crippen molar-refractivity contribution in [1.82, 2.24) is 9.99 Å². The molecule has 0 radical (unpaired) electrons. The summed E-state index contributed by atoms with van der Waals surface area (Å²) in [7, 11) is 0. The van der Waals surface area contributed by atoms with E-state index in [1.54, 1.807) is 30.3 Å². The smallest absolute Gasteiger partial charge is 0.258 e. The highest BCUT2D eigenvalue weighted by Crippen LogP contribution is 2.37. The predicted molar refractivity (Wildman–Crippen MR) is 130 cm³/mol. The van der Waals surface area contributed by atoms with E-state index in [9.17, 15) is 14.7 Å². The lowest BCUT2D eigenvalue weighted by atomic mass is 9.91. The Bertz CT molecular complexity index is 1470. The fourth-order valence-corrected chi connectivity index (χ4v) is 4.50. The van der Waals surface area contributed by atoms with E-state index in [1.165, 1.54) is 11.9 Å². The quantitative estimate of drug-likeness (QED) is 0.440. The van der Waals surface area contributed by atoms with Gasteiger partial charge in [0.2, 0.25) is 5.91 Å². The van der Waals surface area contributed by atoms with Crippen molar-refractivity contribution in [3.63, 3.8) is 0 Å². The number of halogens is 1. The third kappa shape index (κ3) is 3.79. The third-order valence-electron chi connectivity index (χ3n) is 5.83. The molecule has 0 unspecified atom stereocenters. The van der Waals surface area contributed by atoms with Crippen LogP contribution in [0.1, 0.15) is 30.5 Å². The van der Waals surface area contributed by atoms with Crippen molar-refractivity contribution in [3.8, 4) is 16.9 Å². The number of pyridine rings is 1. The summed E-state index contributed by atoms with van der Waals surface area (Å²) in [5, 5.41) is 17.4. The Kier molecular flexibility index (Phi) is 5.23. The number of carbonyl (C=O) groups excluding carboxylic acids is 1. The van der Waals surface area contributed by atoms with E-state index in [-0.39, 0.29) is 17.2 Å². The average molecular weight is 458 g/mol. The van der Waals surface area contributed by atoms with Gasteiger partial charge >= 0.3 is 0 Å². The van der Waals surface area contributed by atoms with Crippen LogP contribution in [0.25, 0.3) is 22.0 Å².